The average molecular weight is 440 g/mol. The topological polar surface area (TPSA) is 79.2 Å². The molecule has 3 aromatic rings. The molecule has 1 aliphatic heterocycles. The number of hydrogen-bond acceptors (Lipinski definition) is 6. The van der Waals surface area contributed by atoms with Crippen LogP contribution in [0.15, 0.2) is 42.9 Å². The number of aromatic nitrogens is 4. The molecule has 0 bridgehead atoms. The molecule has 4 rings (SSSR count). The first-order chi connectivity index (χ1) is 15.0. The fourth-order valence-corrected chi connectivity index (χ4v) is 3.83. The number of fused-ring (bicyclic) bond motifs is 1. The van der Waals surface area contributed by atoms with E-state index in [0.717, 1.165) is 23.4 Å². The Labute approximate surface area is 188 Å². The molecular weight excluding hydrogens is 409 g/mol. The Morgan fingerprint density at radius 3 is 2.56 bits per heavy atom. The zero-order chi connectivity index (χ0) is 22.0. The SMILES string of the molecule is C.CC[C@@H]1C(=O)N(C)c2cnc(NCc3cnn(Cc4ccc(F)cc4)c3)nc2N1CC. The number of amides is 1. The van der Waals surface area contributed by atoms with Crippen LogP contribution in [-0.4, -0.2) is 45.3 Å². The van der Waals surface area contributed by atoms with Gasteiger partial charge >= 0.3 is 0 Å². The van der Waals surface area contributed by atoms with E-state index >= 15 is 0 Å². The zero-order valence-electron chi connectivity index (χ0n) is 17.9. The molecule has 1 N–H and O–H groups in total. The molecule has 0 saturated carbocycles. The lowest BCUT2D eigenvalue weighted by atomic mass is 10.1. The van der Waals surface area contributed by atoms with Crippen LogP contribution < -0.4 is 15.1 Å². The summed E-state index contributed by atoms with van der Waals surface area (Å²) < 4.78 is 14.9. The highest BCUT2D eigenvalue weighted by molar-refractivity contribution is 6.04. The van der Waals surface area contributed by atoms with Gasteiger partial charge in [-0.3, -0.25) is 9.48 Å². The summed E-state index contributed by atoms with van der Waals surface area (Å²) in [7, 11) is 1.77. The molecule has 8 nitrogen and oxygen atoms in total. The maximum absolute atomic E-state index is 13.1. The molecule has 32 heavy (non-hydrogen) atoms. The maximum atomic E-state index is 13.1. The van der Waals surface area contributed by atoms with Gasteiger partial charge in [-0.1, -0.05) is 26.5 Å². The lowest BCUT2D eigenvalue weighted by Crippen LogP contribution is -2.52. The van der Waals surface area contributed by atoms with Crippen LogP contribution in [0.25, 0.3) is 0 Å². The fourth-order valence-electron chi connectivity index (χ4n) is 3.83. The Bertz CT molecular complexity index is 1070. The molecule has 0 unspecified atom stereocenters. The molecule has 2 aromatic heterocycles. The highest BCUT2D eigenvalue weighted by Gasteiger charge is 2.36. The van der Waals surface area contributed by atoms with Gasteiger partial charge in [-0.05, 0) is 31.0 Å². The van der Waals surface area contributed by atoms with E-state index in [1.54, 1.807) is 36.5 Å². The lowest BCUT2D eigenvalue weighted by molar-refractivity contribution is -0.120. The van der Waals surface area contributed by atoms with E-state index in [1.807, 2.05) is 29.6 Å². The van der Waals surface area contributed by atoms with E-state index in [2.05, 4.69) is 15.4 Å². The molecule has 1 atom stereocenters. The summed E-state index contributed by atoms with van der Waals surface area (Å²) in [6.45, 7) is 5.81. The van der Waals surface area contributed by atoms with Crippen LogP contribution in [-0.2, 0) is 17.9 Å². The van der Waals surface area contributed by atoms with Crippen LogP contribution >= 0.6 is 0 Å². The first-order valence-corrected chi connectivity index (χ1v) is 10.4. The van der Waals surface area contributed by atoms with Crippen molar-refractivity contribution in [2.24, 2.45) is 0 Å². The molecule has 0 radical (unpaired) electrons. The largest absolute Gasteiger partial charge is 0.350 e. The van der Waals surface area contributed by atoms with E-state index in [-0.39, 0.29) is 25.2 Å². The Balaban J connectivity index is 0.00000289. The minimum absolute atomic E-state index is 0. The van der Waals surface area contributed by atoms with Crippen molar-refractivity contribution < 1.29 is 9.18 Å². The van der Waals surface area contributed by atoms with Crippen molar-refractivity contribution in [1.82, 2.24) is 19.7 Å². The number of likely N-dealkylation sites (N-methyl/N-ethyl adjacent to an activating group) is 2. The van der Waals surface area contributed by atoms with Gasteiger partial charge in [0.2, 0.25) is 11.9 Å². The minimum Gasteiger partial charge on any atom is -0.350 e. The number of anilines is 3. The van der Waals surface area contributed by atoms with Gasteiger partial charge in [-0.15, -0.1) is 0 Å². The summed E-state index contributed by atoms with van der Waals surface area (Å²) in [6.07, 6.45) is 6.13. The summed E-state index contributed by atoms with van der Waals surface area (Å²) in [4.78, 5) is 25.4. The maximum Gasteiger partial charge on any atom is 0.249 e. The van der Waals surface area contributed by atoms with Crippen LogP contribution in [0.3, 0.4) is 0 Å². The van der Waals surface area contributed by atoms with Crippen molar-refractivity contribution in [2.75, 3.05) is 28.7 Å². The Morgan fingerprint density at radius 1 is 1.12 bits per heavy atom. The zero-order valence-corrected chi connectivity index (χ0v) is 17.9. The quantitative estimate of drug-likeness (QED) is 0.605. The molecule has 0 saturated heterocycles. The summed E-state index contributed by atoms with van der Waals surface area (Å²) >= 11 is 0. The van der Waals surface area contributed by atoms with Gasteiger partial charge in [0.1, 0.15) is 17.5 Å². The smallest absolute Gasteiger partial charge is 0.249 e. The second-order valence-corrected chi connectivity index (χ2v) is 7.54. The highest BCUT2D eigenvalue weighted by atomic mass is 19.1. The van der Waals surface area contributed by atoms with Gasteiger partial charge in [0.15, 0.2) is 5.82 Å². The standard InChI is InChI=1S/C22H26FN7O.CH4/c1-4-18-21(31)28(3)19-12-25-22(27-20(19)30(18)5-2)24-10-16-11-26-29(14-16)13-15-6-8-17(23)9-7-15;/h6-9,11-12,14,18H,4-5,10,13H2,1-3H3,(H,24,25,27);1H4/t18-;/m1./s1. The van der Waals surface area contributed by atoms with E-state index in [0.29, 0.717) is 31.3 Å². The van der Waals surface area contributed by atoms with E-state index in [9.17, 15) is 9.18 Å². The second-order valence-electron chi connectivity index (χ2n) is 7.54. The molecule has 170 valence electrons. The first-order valence-electron chi connectivity index (χ1n) is 10.4. The average Bonchev–Trinajstić information content (AvgIpc) is 3.23. The van der Waals surface area contributed by atoms with Crippen LogP contribution in [0.4, 0.5) is 21.8 Å². The van der Waals surface area contributed by atoms with Crippen LogP contribution in [0.2, 0.25) is 0 Å². The summed E-state index contributed by atoms with van der Waals surface area (Å²) in [5.74, 6) is 1.08. The van der Waals surface area contributed by atoms with Crippen molar-refractivity contribution >= 4 is 23.4 Å². The van der Waals surface area contributed by atoms with Gasteiger partial charge in [-0.2, -0.15) is 10.1 Å². The first kappa shape index (κ1) is 23.2. The third-order valence-electron chi connectivity index (χ3n) is 5.50. The van der Waals surface area contributed by atoms with E-state index < -0.39 is 0 Å². The second kappa shape index (κ2) is 9.76. The van der Waals surface area contributed by atoms with Gasteiger partial charge in [0.25, 0.3) is 0 Å². The minimum atomic E-state index is -0.249. The molecule has 1 aliphatic rings. The third-order valence-corrected chi connectivity index (χ3v) is 5.50. The van der Waals surface area contributed by atoms with Crippen LogP contribution in [0.1, 0.15) is 38.8 Å². The number of rotatable bonds is 7. The van der Waals surface area contributed by atoms with E-state index in [4.69, 9.17) is 4.98 Å². The molecule has 1 amide bonds. The molecule has 1 aromatic carbocycles. The van der Waals surface area contributed by atoms with Gasteiger partial charge in [0, 0.05) is 31.9 Å². The van der Waals surface area contributed by atoms with Crippen molar-refractivity contribution in [3.8, 4) is 0 Å². The molecule has 3 heterocycles. The fraction of sp³-hybridized carbons (Fsp3) is 0.391. The van der Waals surface area contributed by atoms with Crippen LogP contribution in [0.5, 0.6) is 0 Å². The highest BCUT2D eigenvalue weighted by Crippen LogP contribution is 2.34. The molecule has 0 spiro atoms. The van der Waals surface area contributed by atoms with Crippen molar-refractivity contribution in [3.05, 3.63) is 59.8 Å². The van der Waals surface area contributed by atoms with Crippen molar-refractivity contribution in [2.45, 2.75) is 46.8 Å². The Hall–Kier alpha value is -3.49. The normalized spacial score (nSPS) is 15.4. The number of nitrogens with zero attached hydrogens (tertiary/aromatic N) is 6. The van der Waals surface area contributed by atoms with Gasteiger partial charge in [-0.25, -0.2) is 9.37 Å². The molecule has 9 heteroatoms. The van der Waals surface area contributed by atoms with Crippen molar-refractivity contribution in [3.63, 3.8) is 0 Å². The molecule has 0 fully saturated rings. The summed E-state index contributed by atoms with van der Waals surface area (Å²) in [5, 5.41) is 7.61. The number of hydrogen-bond donors (Lipinski definition) is 1. The number of carbonyl (C=O) groups excluding carboxylic acids is 1. The Morgan fingerprint density at radius 2 is 1.88 bits per heavy atom. The lowest BCUT2D eigenvalue weighted by Gasteiger charge is -2.39. The van der Waals surface area contributed by atoms with Gasteiger partial charge in [0.05, 0.1) is 18.9 Å². The number of benzene rings is 1. The summed E-state index contributed by atoms with van der Waals surface area (Å²) in [5.41, 5.74) is 2.68. The van der Waals surface area contributed by atoms with E-state index in [1.165, 1.54) is 12.1 Å². The number of halogens is 1. The predicted molar refractivity (Wildman–Crippen MR) is 124 cm³/mol. The van der Waals surface area contributed by atoms with Crippen LogP contribution in [0, 0.1) is 5.82 Å². The Kier molecular flexibility index (Phi) is 7.07. The number of carbonyl (C=O) groups is 1. The van der Waals surface area contributed by atoms with Crippen molar-refractivity contribution in [1.29, 1.82) is 0 Å². The monoisotopic (exact) mass is 439 g/mol. The summed E-state index contributed by atoms with van der Waals surface area (Å²) in [6, 6.07) is 6.18. The molecular formula is C23H30FN7O. The van der Waals surface area contributed by atoms with Gasteiger partial charge < -0.3 is 15.1 Å². The predicted octanol–water partition coefficient (Wildman–Crippen LogP) is 3.69. The number of nitrogens with one attached hydrogen (secondary N) is 1. The third kappa shape index (κ3) is 4.56. The molecule has 0 aliphatic carbocycles.